The average molecular weight is 510 g/mol. The molecule has 2 fully saturated rings. The summed E-state index contributed by atoms with van der Waals surface area (Å²) >= 11 is 1.98. The van der Waals surface area contributed by atoms with Crippen molar-refractivity contribution in [1.29, 1.82) is 0 Å². The van der Waals surface area contributed by atoms with E-state index in [1.165, 1.54) is 85.9 Å². The van der Waals surface area contributed by atoms with E-state index in [1.54, 1.807) is 0 Å². The van der Waals surface area contributed by atoms with Crippen molar-refractivity contribution in [2.45, 2.75) is 103 Å². The van der Waals surface area contributed by atoms with Gasteiger partial charge in [0.15, 0.2) is 0 Å². The van der Waals surface area contributed by atoms with Crippen LogP contribution in [0, 0.1) is 0 Å². The number of nitrogens with one attached hydrogen (secondary N) is 2. The zero-order valence-electron chi connectivity index (χ0n) is 23.3. The lowest BCUT2D eigenvalue weighted by Crippen LogP contribution is -2.39. The minimum absolute atomic E-state index is 0.519. The van der Waals surface area contributed by atoms with E-state index in [2.05, 4.69) is 78.0 Å². The largest absolute Gasteiger partial charge is 0.382 e. The Morgan fingerprint density at radius 2 is 1.56 bits per heavy atom. The Kier molecular flexibility index (Phi) is 14.8. The second-order valence-corrected chi connectivity index (χ2v) is 10.7. The molecule has 3 nitrogen and oxygen atoms in total. The van der Waals surface area contributed by atoms with E-state index in [0.717, 1.165) is 25.2 Å². The van der Waals surface area contributed by atoms with Crippen molar-refractivity contribution >= 4 is 17.6 Å². The van der Waals surface area contributed by atoms with E-state index in [-0.39, 0.29) is 0 Å². The predicted molar refractivity (Wildman–Crippen MR) is 163 cm³/mol. The molecule has 0 unspecified atom stereocenters. The minimum Gasteiger partial charge on any atom is -0.382 e. The molecular weight excluding hydrogens is 458 g/mol. The van der Waals surface area contributed by atoms with Crippen LogP contribution in [0.25, 0.3) is 5.70 Å². The molecule has 0 bridgehead atoms. The molecule has 0 spiro atoms. The number of allylic oxidation sites excluding steroid dienone is 2. The zero-order valence-corrected chi connectivity index (χ0v) is 24.1. The summed E-state index contributed by atoms with van der Waals surface area (Å²) < 4.78 is 2.56. The average Bonchev–Trinajstić information content (AvgIpc) is 2.94. The van der Waals surface area contributed by atoms with Gasteiger partial charge in [-0.1, -0.05) is 89.5 Å². The van der Waals surface area contributed by atoms with Gasteiger partial charge in [-0.2, -0.15) is 0 Å². The maximum atomic E-state index is 4.32. The summed E-state index contributed by atoms with van der Waals surface area (Å²) in [4.78, 5) is 1.45. The molecular formula is C32H51N3S. The molecule has 3 aliphatic rings. The van der Waals surface area contributed by atoms with Crippen LogP contribution < -0.4 is 10.6 Å². The van der Waals surface area contributed by atoms with E-state index in [0.29, 0.717) is 12.1 Å². The summed E-state index contributed by atoms with van der Waals surface area (Å²) in [6, 6.07) is 10.1. The van der Waals surface area contributed by atoms with Crippen LogP contribution >= 0.6 is 11.9 Å². The van der Waals surface area contributed by atoms with Crippen molar-refractivity contribution < 1.29 is 0 Å². The van der Waals surface area contributed by atoms with Crippen LogP contribution in [-0.4, -0.2) is 29.5 Å². The molecule has 1 saturated carbocycles. The van der Waals surface area contributed by atoms with Crippen molar-refractivity contribution in [2.75, 3.05) is 13.1 Å². The number of hydrogen-bond acceptors (Lipinski definition) is 4. The second kappa shape index (κ2) is 17.5. The third-order valence-corrected chi connectivity index (χ3v) is 8.18. The number of benzene rings is 1. The Bertz CT molecular complexity index is 812. The smallest absolute Gasteiger partial charge is 0.0450 e. The van der Waals surface area contributed by atoms with Crippen molar-refractivity contribution in [3.63, 3.8) is 0 Å². The van der Waals surface area contributed by atoms with Crippen molar-refractivity contribution in [3.8, 4) is 0 Å². The maximum Gasteiger partial charge on any atom is 0.0450 e. The minimum atomic E-state index is 0.519. The number of hydrogen-bond donors (Lipinski definition) is 2. The molecule has 36 heavy (non-hydrogen) atoms. The summed E-state index contributed by atoms with van der Waals surface area (Å²) in [5, 5.41) is 7.59. The highest BCUT2D eigenvalue weighted by Gasteiger charge is 2.23. The van der Waals surface area contributed by atoms with E-state index in [4.69, 9.17) is 0 Å². The molecule has 1 aliphatic heterocycles. The van der Waals surface area contributed by atoms with E-state index < -0.39 is 0 Å². The fourth-order valence-corrected chi connectivity index (χ4v) is 6.16. The first-order valence-corrected chi connectivity index (χ1v) is 15.1. The highest BCUT2D eigenvalue weighted by atomic mass is 32.2. The monoisotopic (exact) mass is 509 g/mol. The van der Waals surface area contributed by atoms with Crippen LogP contribution in [0.1, 0.15) is 96.1 Å². The van der Waals surface area contributed by atoms with Gasteiger partial charge in [0.25, 0.3) is 0 Å². The van der Waals surface area contributed by atoms with Gasteiger partial charge in [-0.05, 0) is 68.0 Å². The molecule has 200 valence electrons. The third-order valence-electron chi connectivity index (χ3n) is 6.98. The number of rotatable bonds is 9. The number of piperidine rings is 1. The van der Waals surface area contributed by atoms with Gasteiger partial charge < -0.3 is 10.6 Å². The van der Waals surface area contributed by atoms with E-state index >= 15 is 0 Å². The molecule has 4 rings (SSSR count). The lowest BCUT2D eigenvalue weighted by Gasteiger charge is -2.34. The molecule has 1 aromatic rings. The molecule has 1 heterocycles. The van der Waals surface area contributed by atoms with Gasteiger partial charge in [-0.25, -0.2) is 4.31 Å². The lowest BCUT2D eigenvalue weighted by atomic mass is 9.95. The SMILES string of the molecule is C=C.C=C(NC1CCN(SC2=CCCC=C2NC2CCCCC2)CC1)c1ccc(CCC)cc1.CC. The van der Waals surface area contributed by atoms with Gasteiger partial charge >= 0.3 is 0 Å². The van der Waals surface area contributed by atoms with Gasteiger partial charge in [0.1, 0.15) is 0 Å². The summed E-state index contributed by atoms with van der Waals surface area (Å²) in [6.45, 7) is 18.8. The molecule has 0 atom stereocenters. The molecule has 1 saturated heterocycles. The fourth-order valence-electron chi connectivity index (χ4n) is 5.06. The van der Waals surface area contributed by atoms with Crippen molar-refractivity contribution in [3.05, 3.63) is 77.9 Å². The molecule has 2 N–H and O–H groups in total. The second-order valence-electron chi connectivity index (χ2n) is 9.61. The van der Waals surface area contributed by atoms with Crippen LogP contribution in [0.2, 0.25) is 0 Å². The lowest BCUT2D eigenvalue weighted by molar-refractivity contribution is 0.328. The normalized spacial score (nSPS) is 19.0. The third kappa shape index (κ3) is 9.86. The standard InChI is InChI=1S/C28H41N3S.C2H6.C2H4/c1-3-9-23-14-16-24(17-15-23)22(2)29-26-18-20-31(21-19-26)32-28-13-8-7-12-27(28)30-25-10-5-4-6-11-25;2*1-2/h12-17,25-26,29-30H,2-11,18-21H2,1H3;1-2H3;1-2H2. The number of aryl methyl sites for hydroxylation is 1. The molecule has 1 aromatic carbocycles. The Hall–Kier alpha value is -1.91. The van der Waals surface area contributed by atoms with E-state index in [1.807, 2.05) is 25.8 Å². The quantitative estimate of drug-likeness (QED) is 0.257. The molecule has 0 amide bonds. The van der Waals surface area contributed by atoms with E-state index in [9.17, 15) is 0 Å². The van der Waals surface area contributed by atoms with Crippen LogP contribution in [0.15, 0.2) is 66.8 Å². The Balaban J connectivity index is 0.00000109. The first-order valence-electron chi connectivity index (χ1n) is 14.4. The van der Waals surface area contributed by atoms with Gasteiger partial charge in [0.2, 0.25) is 0 Å². The van der Waals surface area contributed by atoms with Gasteiger partial charge in [-0.3, -0.25) is 0 Å². The summed E-state index contributed by atoms with van der Waals surface area (Å²) in [5.74, 6) is 0. The molecule has 4 heteroatoms. The fraction of sp³-hybridized carbons (Fsp3) is 0.562. The summed E-state index contributed by atoms with van der Waals surface area (Å²) in [5.41, 5.74) is 5.10. The zero-order chi connectivity index (χ0) is 26.2. The van der Waals surface area contributed by atoms with Crippen LogP contribution in [-0.2, 0) is 6.42 Å². The number of nitrogens with zero attached hydrogens (tertiary/aromatic N) is 1. The highest BCUT2D eigenvalue weighted by molar-refractivity contribution is 8.01. The first kappa shape index (κ1) is 30.3. The Morgan fingerprint density at radius 3 is 2.19 bits per heavy atom. The van der Waals surface area contributed by atoms with Crippen LogP contribution in [0.5, 0.6) is 0 Å². The Labute approximate surface area is 226 Å². The maximum absolute atomic E-state index is 4.32. The van der Waals surface area contributed by atoms with Crippen LogP contribution in [0.4, 0.5) is 0 Å². The summed E-state index contributed by atoms with van der Waals surface area (Å²) in [6.07, 6.45) is 18.7. The summed E-state index contributed by atoms with van der Waals surface area (Å²) in [7, 11) is 0. The Morgan fingerprint density at radius 1 is 0.917 bits per heavy atom. The first-order chi connectivity index (χ1) is 17.7. The van der Waals surface area contributed by atoms with Gasteiger partial charge in [0, 0.05) is 41.5 Å². The highest BCUT2D eigenvalue weighted by Crippen LogP contribution is 2.33. The topological polar surface area (TPSA) is 27.3 Å². The van der Waals surface area contributed by atoms with Crippen molar-refractivity contribution in [2.24, 2.45) is 0 Å². The van der Waals surface area contributed by atoms with Gasteiger partial charge in [0.05, 0.1) is 0 Å². The molecule has 0 aromatic heterocycles. The van der Waals surface area contributed by atoms with Crippen molar-refractivity contribution in [1.82, 2.24) is 14.9 Å². The molecule has 2 aliphatic carbocycles. The predicted octanol–water partition coefficient (Wildman–Crippen LogP) is 8.62. The van der Waals surface area contributed by atoms with Gasteiger partial charge in [-0.15, -0.1) is 13.2 Å². The van der Waals surface area contributed by atoms with Crippen LogP contribution in [0.3, 0.4) is 0 Å². The molecule has 0 radical (unpaired) electrons.